The van der Waals surface area contributed by atoms with Crippen molar-refractivity contribution < 1.29 is 22.7 Å². The summed E-state index contributed by atoms with van der Waals surface area (Å²) in [6, 6.07) is 11.8. The lowest BCUT2D eigenvalue weighted by Crippen LogP contribution is -2.36. The maximum Gasteiger partial charge on any atom is 0.317 e. The minimum Gasteiger partial charge on any atom is -0.494 e. The van der Waals surface area contributed by atoms with Crippen LogP contribution in [0.1, 0.15) is 22.8 Å². The van der Waals surface area contributed by atoms with E-state index >= 15 is 0 Å². The third-order valence-corrected chi connectivity index (χ3v) is 6.68. The zero-order chi connectivity index (χ0) is 24.7. The first-order chi connectivity index (χ1) is 16.2. The Kier molecular flexibility index (Phi) is 8.35. The molecule has 11 heteroatoms. The van der Waals surface area contributed by atoms with Crippen molar-refractivity contribution in [3.05, 3.63) is 53.6 Å². The summed E-state index contributed by atoms with van der Waals surface area (Å²) in [5.41, 5.74) is 1.63. The largest absolute Gasteiger partial charge is 0.494 e. The lowest BCUT2D eigenvalue weighted by Gasteiger charge is -2.17. The highest BCUT2D eigenvalue weighted by atomic mass is 32.2. The third-order valence-electron chi connectivity index (χ3n) is 5.24. The summed E-state index contributed by atoms with van der Waals surface area (Å²) in [6.45, 7) is 4.20. The van der Waals surface area contributed by atoms with Crippen molar-refractivity contribution in [1.82, 2.24) is 19.8 Å². The summed E-state index contributed by atoms with van der Waals surface area (Å²) in [5.74, 6) is 0.419. The van der Waals surface area contributed by atoms with Crippen molar-refractivity contribution in [3.63, 3.8) is 0 Å². The Hall–Kier alpha value is -3.31. The van der Waals surface area contributed by atoms with Crippen LogP contribution in [0.4, 0.5) is 10.5 Å². The molecule has 1 heterocycles. The van der Waals surface area contributed by atoms with Gasteiger partial charge in [-0.25, -0.2) is 17.9 Å². The quantitative estimate of drug-likeness (QED) is 0.442. The lowest BCUT2D eigenvalue weighted by molar-refractivity contribution is 0.0827. The first-order valence-corrected chi connectivity index (χ1v) is 12.5. The molecule has 0 radical (unpaired) electrons. The maximum absolute atomic E-state index is 13.0. The molecule has 1 aliphatic heterocycles. The molecule has 0 bridgehead atoms. The number of sulfonamides is 1. The van der Waals surface area contributed by atoms with Gasteiger partial charge in [-0.05, 0) is 31.2 Å². The number of urea groups is 1. The molecule has 1 saturated heterocycles. The number of hydrogen-bond acceptors (Lipinski definition) is 6. The van der Waals surface area contributed by atoms with E-state index in [0.29, 0.717) is 31.9 Å². The Balaban J connectivity index is 1.81. The highest BCUT2D eigenvalue weighted by molar-refractivity contribution is 7.89. The van der Waals surface area contributed by atoms with Gasteiger partial charge in [0.1, 0.15) is 5.75 Å². The van der Waals surface area contributed by atoms with E-state index in [0.717, 1.165) is 11.3 Å². The lowest BCUT2D eigenvalue weighted by atomic mass is 10.1. The van der Waals surface area contributed by atoms with Crippen LogP contribution in [0, 0.1) is 0 Å². The van der Waals surface area contributed by atoms with Crippen LogP contribution in [0.3, 0.4) is 0 Å². The molecule has 0 aliphatic carbocycles. The molecule has 0 atom stereocenters. The molecule has 34 heavy (non-hydrogen) atoms. The van der Waals surface area contributed by atoms with Crippen LogP contribution in [-0.4, -0.2) is 77.0 Å². The molecule has 1 aliphatic rings. The van der Waals surface area contributed by atoms with E-state index in [1.807, 2.05) is 31.2 Å². The van der Waals surface area contributed by atoms with E-state index in [1.165, 1.54) is 21.9 Å². The minimum atomic E-state index is -3.92. The molecule has 0 spiro atoms. The molecule has 3 N–H and O–H groups in total. The fraction of sp³-hybridized carbons (Fsp3) is 0.391. The van der Waals surface area contributed by atoms with Crippen molar-refractivity contribution in [1.29, 1.82) is 0 Å². The van der Waals surface area contributed by atoms with Crippen molar-refractivity contribution in [2.24, 2.45) is 0 Å². The van der Waals surface area contributed by atoms with Crippen LogP contribution in [0.5, 0.6) is 5.75 Å². The van der Waals surface area contributed by atoms with Gasteiger partial charge in [0.25, 0.3) is 5.91 Å². The molecule has 2 aromatic carbocycles. The predicted molar refractivity (Wildman–Crippen MR) is 130 cm³/mol. The average molecular weight is 490 g/mol. The zero-order valence-electron chi connectivity index (χ0n) is 19.6. The van der Waals surface area contributed by atoms with E-state index in [4.69, 9.17) is 4.74 Å². The molecule has 10 nitrogen and oxygen atoms in total. The summed E-state index contributed by atoms with van der Waals surface area (Å²) >= 11 is 0. The highest BCUT2D eigenvalue weighted by Crippen LogP contribution is 2.23. The van der Waals surface area contributed by atoms with Crippen LogP contribution in [0.2, 0.25) is 0 Å². The van der Waals surface area contributed by atoms with E-state index in [1.54, 1.807) is 20.2 Å². The highest BCUT2D eigenvalue weighted by Gasteiger charge is 2.22. The van der Waals surface area contributed by atoms with Crippen molar-refractivity contribution in [2.45, 2.75) is 18.4 Å². The van der Waals surface area contributed by atoms with Crippen LogP contribution in [0.15, 0.2) is 47.4 Å². The molecule has 2 aromatic rings. The van der Waals surface area contributed by atoms with Crippen LogP contribution >= 0.6 is 0 Å². The van der Waals surface area contributed by atoms with Gasteiger partial charge in [0.15, 0.2) is 0 Å². The monoisotopic (exact) mass is 489 g/mol. The molecule has 184 valence electrons. The number of carbonyl (C=O) groups is 2. The SMILES string of the molecule is CCOc1ccccc1CNc1cc(C(=O)N(C)C)cc(S(=O)(=O)NCCN2CCNC2=O)c1. The van der Waals surface area contributed by atoms with Gasteiger partial charge in [0, 0.05) is 63.6 Å². The number of nitrogens with zero attached hydrogens (tertiary/aromatic N) is 2. The van der Waals surface area contributed by atoms with E-state index in [-0.39, 0.29) is 35.5 Å². The molecule has 1 fully saturated rings. The maximum atomic E-state index is 13.0. The Morgan fingerprint density at radius 3 is 2.65 bits per heavy atom. The number of para-hydroxylation sites is 1. The molecular formula is C23H31N5O5S. The molecule has 0 unspecified atom stereocenters. The standard InChI is InChI=1S/C23H31N5O5S/c1-4-33-21-8-6-5-7-17(21)16-25-19-13-18(22(29)27(2)3)14-20(15-19)34(31,32)26-10-12-28-11-9-24-23(28)30/h5-8,13-15,25-26H,4,9-12,16H2,1-3H3,(H,24,30). The topological polar surface area (TPSA) is 120 Å². The Morgan fingerprint density at radius 2 is 1.97 bits per heavy atom. The number of benzene rings is 2. The van der Waals surface area contributed by atoms with Gasteiger partial charge in [-0.15, -0.1) is 0 Å². The van der Waals surface area contributed by atoms with Gasteiger partial charge in [0.05, 0.1) is 11.5 Å². The van der Waals surface area contributed by atoms with E-state index < -0.39 is 10.0 Å². The summed E-state index contributed by atoms with van der Waals surface area (Å²) in [7, 11) is -0.706. The number of hydrogen-bond donors (Lipinski definition) is 3. The van der Waals surface area contributed by atoms with Gasteiger partial charge in [-0.1, -0.05) is 18.2 Å². The second kappa shape index (κ2) is 11.2. The van der Waals surface area contributed by atoms with Crippen LogP contribution in [-0.2, 0) is 16.6 Å². The number of nitrogens with one attached hydrogen (secondary N) is 3. The Labute approximate surface area is 200 Å². The second-order valence-corrected chi connectivity index (χ2v) is 9.72. The number of amides is 3. The normalized spacial score (nSPS) is 13.5. The molecule has 3 amide bonds. The average Bonchev–Trinajstić information content (AvgIpc) is 3.22. The molecule has 3 rings (SSSR count). The molecular weight excluding hydrogens is 458 g/mol. The van der Waals surface area contributed by atoms with Gasteiger partial charge in [0.2, 0.25) is 10.0 Å². The first kappa shape index (κ1) is 25.3. The Morgan fingerprint density at radius 1 is 1.21 bits per heavy atom. The van der Waals surface area contributed by atoms with Crippen LogP contribution in [0.25, 0.3) is 0 Å². The smallest absolute Gasteiger partial charge is 0.317 e. The number of rotatable bonds is 11. The first-order valence-electron chi connectivity index (χ1n) is 11.0. The number of ether oxygens (including phenoxy) is 1. The minimum absolute atomic E-state index is 0.0355. The zero-order valence-corrected chi connectivity index (χ0v) is 20.4. The van der Waals surface area contributed by atoms with Gasteiger partial charge < -0.3 is 25.2 Å². The van der Waals surface area contributed by atoms with Gasteiger partial charge >= 0.3 is 6.03 Å². The fourth-order valence-electron chi connectivity index (χ4n) is 3.50. The molecule has 0 saturated carbocycles. The molecule has 0 aromatic heterocycles. The summed E-state index contributed by atoms with van der Waals surface area (Å²) < 4.78 is 34.2. The summed E-state index contributed by atoms with van der Waals surface area (Å²) in [5, 5.41) is 5.89. The van der Waals surface area contributed by atoms with E-state index in [9.17, 15) is 18.0 Å². The van der Waals surface area contributed by atoms with Gasteiger partial charge in [-0.2, -0.15) is 0 Å². The van der Waals surface area contributed by atoms with Crippen LogP contribution < -0.4 is 20.1 Å². The van der Waals surface area contributed by atoms with Crippen molar-refractivity contribution in [3.8, 4) is 5.75 Å². The Bertz CT molecular complexity index is 1140. The van der Waals surface area contributed by atoms with Crippen molar-refractivity contribution >= 4 is 27.6 Å². The fourth-order valence-corrected chi connectivity index (χ4v) is 4.60. The van der Waals surface area contributed by atoms with Crippen molar-refractivity contribution in [2.75, 3.05) is 52.2 Å². The summed E-state index contributed by atoms with van der Waals surface area (Å²) in [6.07, 6.45) is 0. The third kappa shape index (κ3) is 6.39. The van der Waals surface area contributed by atoms with Gasteiger partial charge in [-0.3, -0.25) is 4.79 Å². The summed E-state index contributed by atoms with van der Waals surface area (Å²) in [4.78, 5) is 27.2. The predicted octanol–water partition coefficient (Wildman–Crippen LogP) is 1.70. The number of carbonyl (C=O) groups excluding carboxylic acids is 2. The second-order valence-electron chi connectivity index (χ2n) is 7.96. The number of anilines is 1. The van der Waals surface area contributed by atoms with E-state index in [2.05, 4.69) is 15.4 Å².